The number of rotatable bonds is 4. The number of hydrogen-bond acceptors (Lipinski definition) is 2. The van der Waals surface area contributed by atoms with Gasteiger partial charge in [0.2, 0.25) is 0 Å². The third kappa shape index (κ3) is 7.70. The molecule has 0 aromatic carbocycles. The maximum absolute atomic E-state index is 11.0. The molecule has 0 rings (SSSR count). The van der Waals surface area contributed by atoms with Crippen molar-refractivity contribution in [2.24, 2.45) is 5.92 Å². The number of allylic oxidation sites excluding steroid dienone is 1. The molecule has 1 unspecified atom stereocenters. The summed E-state index contributed by atoms with van der Waals surface area (Å²) in [6.45, 7) is 7.82. The Morgan fingerprint density at radius 1 is 1.27 bits per heavy atom. The summed E-state index contributed by atoms with van der Waals surface area (Å²) in [5.41, 5.74) is 0. The predicted octanol–water partition coefficient (Wildman–Crippen LogP) is 3.32. The van der Waals surface area contributed by atoms with Gasteiger partial charge in [0.25, 0.3) is 0 Å². The van der Waals surface area contributed by atoms with Crippen molar-refractivity contribution in [1.29, 1.82) is 0 Å². The van der Waals surface area contributed by atoms with E-state index in [1.165, 1.54) is 0 Å². The van der Waals surface area contributed by atoms with Crippen molar-refractivity contribution in [2.75, 3.05) is 0 Å². The van der Waals surface area contributed by atoms with E-state index in [9.17, 15) is 4.57 Å². The van der Waals surface area contributed by atoms with Gasteiger partial charge >= 0.3 is 8.03 Å². The number of hydrogen-bond donors (Lipinski definition) is 0. The topological polar surface area (TPSA) is 26.3 Å². The third-order valence-corrected chi connectivity index (χ3v) is 1.95. The molecule has 11 heavy (non-hydrogen) atoms. The fourth-order valence-electron chi connectivity index (χ4n) is 0.485. The molecule has 0 saturated heterocycles. The summed E-state index contributed by atoms with van der Waals surface area (Å²) in [4.78, 5) is 0. The van der Waals surface area contributed by atoms with Crippen LogP contribution in [-0.4, -0.2) is 6.10 Å². The van der Waals surface area contributed by atoms with Gasteiger partial charge in [-0.25, -0.2) is 0 Å². The van der Waals surface area contributed by atoms with E-state index in [4.69, 9.17) is 4.52 Å². The highest BCUT2D eigenvalue weighted by Crippen LogP contribution is 2.26. The molecule has 0 heterocycles. The zero-order valence-corrected chi connectivity index (χ0v) is 8.47. The molecule has 0 aliphatic carbocycles. The molecule has 0 aliphatic heterocycles. The summed E-state index contributed by atoms with van der Waals surface area (Å²) in [5.74, 6) is 2.06. The molecule has 0 bridgehead atoms. The minimum absolute atomic E-state index is 0.0374. The lowest BCUT2D eigenvalue weighted by Crippen LogP contribution is -1.92. The van der Waals surface area contributed by atoms with Crippen molar-refractivity contribution in [3.05, 3.63) is 11.9 Å². The predicted molar refractivity (Wildman–Crippen MR) is 47.8 cm³/mol. The van der Waals surface area contributed by atoms with Crippen molar-refractivity contribution in [1.82, 2.24) is 0 Å². The normalized spacial score (nSPS) is 13.5. The highest BCUT2D eigenvalue weighted by atomic mass is 31.1. The summed E-state index contributed by atoms with van der Waals surface area (Å²) in [6, 6.07) is 0. The smallest absolute Gasteiger partial charge is 0.140 e. The molecule has 0 aromatic rings. The Morgan fingerprint density at radius 2 is 1.82 bits per heavy atom. The summed E-state index contributed by atoms with van der Waals surface area (Å²) in [7, 11) is -1.58. The van der Waals surface area contributed by atoms with Gasteiger partial charge in [-0.05, 0) is 30.4 Å². The molecule has 64 valence electrons. The molecule has 2 nitrogen and oxygen atoms in total. The van der Waals surface area contributed by atoms with Gasteiger partial charge in [0.15, 0.2) is 5.82 Å². The van der Waals surface area contributed by atoms with Crippen LogP contribution in [0.3, 0.4) is 0 Å². The monoisotopic (exact) mass is 175 g/mol. The van der Waals surface area contributed by atoms with Crippen molar-refractivity contribution < 1.29 is 9.09 Å². The Bertz CT molecular complexity index is 150. The van der Waals surface area contributed by atoms with Crippen LogP contribution in [0.5, 0.6) is 0 Å². The molecule has 3 heteroatoms. The quantitative estimate of drug-likeness (QED) is 0.612. The lowest BCUT2D eigenvalue weighted by atomic mass is 10.2. The second-order valence-corrected chi connectivity index (χ2v) is 4.10. The Hall–Kier alpha value is -0.200. The van der Waals surface area contributed by atoms with Gasteiger partial charge in [-0.3, -0.25) is 0 Å². The van der Waals surface area contributed by atoms with Gasteiger partial charge in [-0.1, -0.05) is 13.8 Å². The zero-order chi connectivity index (χ0) is 8.85. The standard InChI is InChI=1S/C8H16O2P/c1-7(2)5-6-11(9)10-8(3)4/h5-8H,1-4H3/q+1/b6-5+. The first-order valence-electron chi connectivity index (χ1n) is 3.84. The first kappa shape index (κ1) is 10.8. The maximum atomic E-state index is 11.0. The van der Waals surface area contributed by atoms with E-state index in [0.717, 1.165) is 0 Å². The lowest BCUT2D eigenvalue weighted by molar-refractivity contribution is 0.260. The van der Waals surface area contributed by atoms with Crippen LogP contribution in [0.1, 0.15) is 27.7 Å². The highest BCUT2D eigenvalue weighted by Gasteiger charge is 2.14. The summed E-state index contributed by atoms with van der Waals surface area (Å²) in [5, 5.41) is 0. The molecular weight excluding hydrogens is 159 g/mol. The molecule has 0 amide bonds. The van der Waals surface area contributed by atoms with Gasteiger partial charge in [-0.2, -0.15) is 0 Å². The average Bonchev–Trinajstić information content (AvgIpc) is 1.82. The van der Waals surface area contributed by atoms with Gasteiger partial charge in [0, 0.05) is 0 Å². The van der Waals surface area contributed by atoms with Crippen LogP contribution >= 0.6 is 8.03 Å². The van der Waals surface area contributed by atoms with Crippen molar-refractivity contribution >= 4 is 8.03 Å². The second kappa shape index (κ2) is 5.45. The molecule has 0 radical (unpaired) electrons. The molecule has 0 aliphatic rings. The Morgan fingerprint density at radius 3 is 2.18 bits per heavy atom. The fraction of sp³-hybridized carbons (Fsp3) is 0.750. The van der Waals surface area contributed by atoms with Crippen LogP contribution in [0.4, 0.5) is 0 Å². The lowest BCUT2D eigenvalue weighted by Gasteiger charge is -1.91. The average molecular weight is 175 g/mol. The molecule has 0 spiro atoms. The molecule has 0 aromatic heterocycles. The first-order valence-corrected chi connectivity index (χ1v) is 5.08. The Kier molecular flexibility index (Phi) is 5.35. The zero-order valence-electron chi connectivity index (χ0n) is 7.57. The first-order chi connectivity index (χ1) is 5.02. The van der Waals surface area contributed by atoms with E-state index in [1.807, 2.05) is 33.8 Å². The SMILES string of the molecule is CC(C)/C=C/[P+](=O)OC(C)C. The summed E-state index contributed by atoms with van der Waals surface area (Å²) in [6.07, 6.45) is 1.93. The summed E-state index contributed by atoms with van der Waals surface area (Å²) >= 11 is 0. The summed E-state index contributed by atoms with van der Waals surface area (Å²) < 4.78 is 16.0. The fourth-order valence-corrected chi connectivity index (χ4v) is 1.46. The van der Waals surface area contributed by atoms with E-state index in [-0.39, 0.29) is 6.10 Å². The Labute approximate surface area is 69.5 Å². The van der Waals surface area contributed by atoms with E-state index in [2.05, 4.69) is 0 Å². The van der Waals surface area contributed by atoms with Crippen LogP contribution in [0, 0.1) is 5.92 Å². The van der Waals surface area contributed by atoms with E-state index >= 15 is 0 Å². The largest absolute Gasteiger partial charge is 0.540 e. The van der Waals surface area contributed by atoms with Crippen LogP contribution in [-0.2, 0) is 9.09 Å². The van der Waals surface area contributed by atoms with Crippen LogP contribution in [0.2, 0.25) is 0 Å². The van der Waals surface area contributed by atoms with E-state index < -0.39 is 8.03 Å². The van der Waals surface area contributed by atoms with E-state index in [0.29, 0.717) is 5.92 Å². The van der Waals surface area contributed by atoms with Crippen molar-refractivity contribution in [3.8, 4) is 0 Å². The van der Waals surface area contributed by atoms with Crippen molar-refractivity contribution in [2.45, 2.75) is 33.8 Å². The Balaban J connectivity index is 3.69. The van der Waals surface area contributed by atoms with Gasteiger partial charge in [0.05, 0.1) is 0 Å². The minimum Gasteiger partial charge on any atom is -0.140 e. The molecular formula is C8H16O2P+. The highest BCUT2D eigenvalue weighted by molar-refractivity contribution is 7.42. The third-order valence-electron chi connectivity index (χ3n) is 0.907. The van der Waals surface area contributed by atoms with E-state index in [1.54, 1.807) is 5.82 Å². The van der Waals surface area contributed by atoms with Gasteiger partial charge in [-0.15, -0.1) is 4.52 Å². The molecule has 0 saturated carbocycles. The van der Waals surface area contributed by atoms with Gasteiger partial charge < -0.3 is 0 Å². The van der Waals surface area contributed by atoms with Crippen molar-refractivity contribution in [3.63, 3.8) is 0 Å². The molecule has 1 atom stereocenters. The van der Waals surface area contributed by atoms with Crippen LogP contribution in [0.15, 0.2) is 11.9 Å². The molecule has 0 fully saturated rings. The van der Waals surface area contributed by atoms with Crippen LogP contribution < -0.4 is 0 Å². The van der Waals surface area contributed by atoms with Crippen LogP contribution in [0.25, 0.3) is 0 Å². The second-order valence-electron chi connectivity index (χ2n) is 3.03. The maximum Gasteiger partial charge on any atom is 0.540 e. The molecule has 0 N–H and O–H groups in total. The van der Waals surface area contributed by atoms with Gasteiger partial charge in [0.1, 0.15) is 6.10 Å². The minimum atomic E-state index is -1.58.